The van der Waals surface area contributed by atoms with Gasteiger partial charge in [0, 0.05) is 34.9 Å². The van der Waals surface area contributed by atoms with E-state index in [9.17, 15) is 4.79 Å². The molecule has 0 spiro atoms. The van der Waals surface area contributed by atoms with Crippen LogP contribution < -0.4 is 0 Å². The summed E-state index contributed by atoms with van der Waals surface area (Å²) in [7, 11) is 0. The van der Waals surface area contributed by atoms with Crippen molar-refractivity contribution in [2.75, 3.05) is 13.1 Å². The molecule has 1 amide bonds. The smallest absolute Gasteiger partial charge is 0.299 e. The second kappa shape index (κ2) is 5.99. The summed E-state index contributed by atoms with van der Waals surface area (Å²) < 4.78 is 0. The van der Waals surface area contributed by atoms with E-state index in [1.165, 1.54) is 0 Å². The van der Waals surface area contributed by atoms with Crippen LogP contribution in [0.5, 0.6) is 0 Å². The molecule has 0 unspecified atom stereocenters. The maximum Gasteiger partial charge on any atom is 0.299 e. The zero-order valence-electron chi connectivity index (χ0n) is 6.43. The number of hydrogen-bond acceptors (Lipinski definition) is 1. The van der Waals surface area contributed by atoms with Gasteiger partial charge in [-0.3, -0.25) is 4.79 Å². The monoisotopic (exact) mass is 215 g/mol. The van der Waals surface area contributed by atoms with E-state index in [0.717, 1.165) is 0 Å². The molecule has 0 aromatic rings. The highest BCUT2D eigenvalue weighted by Gasteiger charge is 2.04. The molecule has 11 heavy (non-hydrogen) atoms. The van der Waals surface area contributed by atoms with Crippen LogP contribution in [-0.4, -0.2) is 23.9 Å². The Morgan fingerprint density at radius 1 is 1.82 bits per heavy atom. The average Bonchev–Trinajstić information content (AvgIpc) is 2.00. The van der Waals surface area contributed by atoms with E-state index in [2.05, 4.69) is 33.3 Å². The van der Waals surface area contributed by atoms with Crippen molar-refractivity contribution in [3.63, 3.8) is 0 Å². The lowest BCUT2D eigenvalue weighted by Crippen LogP contribution is -2.29. The summed E-state index contributed by atoms with van der Waals surface area (Å²) in [6.07, 6.45) is 1.68. The first-order valence-corrected chi connectivity index (χ1v) is 4.07. The summed E-state index contributed by atoms with van der Waals surface area (Å²) in [5.41, 5.74) is 0. The number of hydrogen-bond donors (Lipinski definition) is 0. The fourth-order valence-corrected chi connectivity index (χ4v) is 0.801. The topological polar surface area (TPSA) is 20.3 Å². The molecule has 0 aromatic carbocycles. The van der Waals surface area contributed by atoms with Gasteiger partial charge in [0.15, 0.2) is 0 Å². The third-order valence-electron chi connectivity index (χ3n) is 1.17. The van der Waals surface area contributed by atoms with Crippen LogP contribution in [0.1, 0.15) is 6.92 Å². The lowest BCUT2D eigenvalue weighted by molar-refractivity contribution is -0.124. The fourth-order valence-electron chi connectivity index (χ4n) is 0.631. The summed E-state index contributed by atoms with van der Waals surface area (Å²) in [4.78, 5) is 15.0. The number of carbonyl (C=O) groups is 1. The van der Waals surface area contributed by atoms with Gasteiger partial charge in [-0.15, -0.1) is 6.58 Å². The number of halogens is 1. The van der Waals surface area contributed by atoms with Gasteiger partial charge in [0.2, 0.25) is 0 Å². The molecule has 0 saturated heterocycles. The molecule has 0 N–H and O–H groups in total. The number of amides is 1. The summed E-state index contributed by atoms with van der Waals surface area (Å²) in [5, 5.41) is 0. The van der Waals surface area contributed by atoms with Gasteiger partial charge in [-0.05, 0) is 11.8 Å². The van der Waals surface area contributed by atoms with E-state index >= 15 is 0 Å². The zero-order valence-corrected chi connectivity index (χ0v) is 8.02. The first-order valence-electron chi connectivity index (χ1n) is 3.27. The minimum absolute atomic E-state index is 0.177. The van der Waals surface area contributed by atoms with E-state index < -0.39 is 0 Å². The highest BCUT2D eigenvalue weighted by atomic mass is 79.9. The van der Waals surface area contributed by atoms with E-state index in [1.807, 2.05) is 6.92 Å². The van der Waals surface area contributed by atoms with E-state index in [4.69, 9.17) is 0 Å². The maximum absolute atomic E-state index is 11.0. The molecule has 3 heteroatoms. The third kappa shape index (κ3) is 3.84. The summed E-state index contributed by atoms with van der Waals surface area (Å²) in [5.74, 6) is 2.21. The van der Waals surface area contributed by atoms with Crippen LogP contribution in [0.15, 0.2) is 12.7 Å². The molecule has 0 saturated carbocycles. The van der Waals surface area contributed by atoms with Gasteiger partial charge in [0.25, 0.3) is 5.91 Å². The van der Waals surface area contributed by atoms with Gasteiger partial charge in [0.05, 0.1) is 0 Å². The molecule has 0 radical (unpaired) electrons. The predicted octanol–water partition coefficient (Wildman–Crippen LogP) is 1.38. The Balaban J connectivity index is 4.09. The minimum Gasteiger partial charge on any atom is -0.328 e. The molecule has 0 atom stereocenters. The van der Waals surface area contributed by atoms with E-state index in [1.54, 1.807) is 11.0 Å². The fraction of sp³-hybridized carbons (Fsp3) is 0.375. The van der Waals surface area contributed by atoms with Gasteiger partial charge in [0.1, 0.15) is 0 Å². The van der Waals surface area contributed by atoms with E-state index in [0.29, 0.717) is 13.1 Å². The largest absolute Gasteiger partial charge is 0.328 e. The Bertz CT molecular complexity index is 202. The van der Waals surface area contributed by atoms with Crippen molar-refractivity contribution in [1.82, 2.24) is 4.90 Å². The van der Waals surface area contributed by atoms with Crippen molar-refractivity contribution in [2.45, 2.75) is 6.92 Å². The quantitative estimate of drug-likeness (QED) is 0.515. The van der Waals surface area contributed by atoms with Gasteiger partial charge in [-0.1, -0.05) is 6.08 Å². The van der Waals surface area contributed by atoms with Crippen LogP contribution in [0, 0.1) is 10.8 Å². The Labute approximate surface area is 75.4 Å². The summed E-state index contributed by atoms with van der Waals surface area (Å²) in [6.45, 7) is 6.65. The summed E-state index contributed by atoms with van der Waals surface area (Å²) in [6, 6.07) is 0. The molecule has 0 aliphatic heterocycles. The van der Waals surface area contributed by atoms with Crippen molar-refractivity contribution >= 4 is 21.8 Å². The molecule has 0 bridgehead atoms. The first-order chi connectivity index (χ1) is 5.26. The molecule has 0 fully saturated rings. The Hall–Kier alpha value is -0.750. The maximum atomic E-state index is 11.0. The van der Waals surface area contributed by atoms with Gasteiger partial charge in [-0.25, -0.2) is 0 Å². The average molecular weight is 216 g/mol. The van der Waals surface area contributed by atoms with Crippen molar-refractivity contribution in [3.05, 3.63) is 12.7 Å². The van der Waals surface area contributed by atoms with Gasteiger partial charge in [-0.2, -0.15) is 0 Å². The minimum atomic E-state index is -0.177. The molecule has 0 aliphatic rings. The second-order valence-corrected chi connectivity index (χ2v) is 2.25. The Kier molecular flexibility index (Phi) is 5.58. The predicted molar refractivity (Wildman–Crippen MR) is 49.2 cm³/mol. The molecule has 0 heterocycles. The van der Waals surface area contributed by atoms with Crippen molar-refractivity contribution < 1.29 is 4.79 Å². The number of rotatable bonds is 3. The normalized spacial score (nSPS) is 7.82. The second-order valence-electron chi connectivity index (χ2n) is 1.85. The number of likely N-dealkylation sites (N-methyl/N-ethyl adjacent to an activating group) is 1. The molecule has 0 aromatic heterocycles. The lowest BCUT2D eigenvalue weighted by Gasteiger charge is -2.14. The van der Waals surface area contributed by atoms with Crippen LogP contribution in [0.25, 0.3) is 0 Å². The Morgan fingerprint density at radius 3 is 2.82 bits per heavy atom. The molecular formula is C8H10BrNO. The van der Waals surface area contributed by atoms with Crippen molar-refractivity contribution in [3.8, 4) is 10.8 Å². The zero-order chi connectivity index (χ0) is 8.69. The van der Waals surface area contributed by atoms with Gasteiger partial charge < -0.3 is 4.90 Å². The molecule has 0 rings (SSSR count). The van der Waals surface area contributed by atoms with Crippen molar-refractivity contribution in [1.29, 1.82) is 0 Å². The SMILES string of the molecule is C=CCN(CC)C(=O)C#CBr. The van der Waals surface area contributed by atoms with Gasteiger partial charge >= 0.3 is 0 Å². The van der Waals surface area contributed by atoms with Crippen LogP contribution in [0.3, 0.4) is 0 Å². The Morgan fingerprint density at radius 2 is 2.45 bits per heavy atom. The highest BCUT2D eigenvalue weighted by molar-refractivity contribution is 9.12. The third-order valence-corrected chi connectivity index (χ3v) is 1.37. The van der Waals surface area contributed by atoms with Crippen LogP contribution in [0.4, 0.5) is 0 Å². The molecule has 0 aliphatic carbocycles. The first kappa shape index (κ1) is 10.2. The summed E-state index contributed by atoms with van der Waals surface area (Å²) >= 11 is 2.86. The highest BCUT2D eigenvalue weighted by Crippen LogP contribution is 1.88. The van der Waals surface area contributed by atoms with Crippen LogP contribution >= 0.6 is 15.9 Å². The molecule has 2 nitrogen and oxygen atoms in total. The van der Waals surface area contributed by atoms with E-state index in [-0.39, 0.29) is 5.91 Å². The number of nitrogens with zero attached hydrogens (tertiary/aromatic N) is 1. The van der Waals surface area contributed by atoms with Crippen molar-refractivity contribution in [2.24, 2.45) is 0 Å². The van der Waals surface area contributed by atoms with Crippen LogP contribution in [0.2, 0.25) is 0 Å². The number of carbonyl (C=O) groups excluding carboxylic acids is 1. The molecular weight excluding hydrogens is 206 g/mol. The lowest BCUT2D eigenvalue weighted by atomic mass is 10.4. The molecule has 60 valence electrons. The van der Waals surface area contributed by atoms with Crippen LogP contribution in [-0.2, 0) is 4.79 Å². The standard InChI is InChI=1S/C8H10BrNO/c1-3-7-10(4-2)8(11)5-6-9/h3H,1,4,7H2,2H3.